The van der Waals surface area contributed by atoms with Gasteiger partial charge in [0.1, 0.15) is 5.75 Å². The first-order valence-corrected chi connectivity index (χ1v) is 7.16. The van der Waals surface area contributed by atoms with Gasteiger partial charge in [-0.05, 0) is 34.3 Å². The lowest BCUT2D eigenvalue weighted by molar-refractivity contribution is -0.123. The Labute approximate surface area is 122 Å². The SMILES string of the molecule is CNC(=O)C(CC(C)C)NCc1cccc(Br)c1O. The first-order chi connectivity index (χ1) is 8.95. The maximum Gasteiger partial charge on any atom is 0.236 e. The molecule has 3 N–H and O–H groups in total. The van der Waals surface area contributed by atoms with Gasteiger partial charge < -0.3 is 15.7 Å². The summed E-state index contributed by atoms with van der Waals surface area (Å²) in [4.78, 5) is 11.8. The summed E-state index contributed by atoms with van der Waals surface area (Å²) in [6, 6.07) is 5.23. The minimum absolute atomic E-state index is 0.0248. The van der Waals surface area contributed by atoms with E-state index in [2.05, 4.69) is 40.4 Å². The fourth-order valence-electron chi connectivity index (χ4n) is 1.86. The Kier molecular flexibility index (Phi) is 6.31. The zero-order chi connectivity index (χ0) is 14.4. The summed E-state index contributed by atoms with van der Waals surface area (Å²) in [7, 11) is 1.63. The summed E-state index contributed by atoms with van der Waals surface area (Å²) in [5.41, 5.74) is 0.770. The van der Waals surface area contributed by atoms with Crippen molar-refractivity contribution in [2.24, 2.45) is 5.92 Å². The zero-order valence-corrected chi connectivity index (χ0v) is 13.1. The number of para-hydroxylation sites is 1. The Morgan fingerprint density at radius 3 is 2.68 bits per heavy atom. The van der Waals surface area contributed by atoms with Gasteiger partial charge in [0.25, 0.3) is 0 Å². The summed E-state index contributed by atoms with van der Waals surface area (Å²) in [6.07, 6.45) is 0.758. The lowest BCUT2D eigenvalue weighted by Gasteiger charge is -2.19. The third kappa shape index (κ3) is 4.84. The number of hydrogen-bond acceptors (Lipinski definition) is 3. The highest BCUT2D eigenvalue weighted by Crippen LogP contribution is 2.27. The van der Waals surface area contributed by atoms with Crippen LogP contribution in [0.4, 0.5) is 0 Å². The van der Waals surface area contributed by atoms with Crippen molar-refractivity contribution in [1.82, 2.24) is 10.6 Å². The minimum Gasteiger partial charge on any atom is -0.506 e. The van der Waals surface area contributed by atoms with Crippen molar-refractivity contribution in [2.45, 2.75) is 32.9 Å². The van der Waals surface area contributed by atoms with Crippen LogP contribution in [0.15, 0.2) is 22.7 Å². The number of hydrogen-bond donors (Lipinski definition) is 3. The van der Waals surface area contributed by atoms with Crippen LogP contribution >= 0.6 is 15.9 Å². The smallest absolute Gasteiger partial charge is 0.236 e. The molecule has 0 saturated heterocycles. The summed E-state index contributed by atoms with van der Waals surface area (Å²) in [5.74, 6) is 0.615. The quantitative estimate of drug-likeness (QED) is 0.751. The first kappa shape index (κ1) is 16.0. The van der Waals surface area contributed by atoms with Crippen molar-refractivity contribution >= 4 is 21.8 Å². The van der Waals surface area contributed by atoms with E-state index in [4.69, 9.17) is 0 Å². The standard InChI is InChI=1S/C14H21BrN2O2/c1-9(2)7-12(14(19)16-3)17-8-10-5-4-6-11(15)13(10)18/h4-6,9,12,17-18H,7-8H2,1-3H3,(H,16,19). The van der Waals surface area contributed by atoms with E-state index in [-0.39, 0.29) is 17.7 Å². The molecule has 5 heteroatoms. The first-order valence-electron chi connectivity index (χ1n) is 6.37. The van der Waals surface area contributed by atoms with Gasteiger partial charge in [-0.25, -0.2) is 0 Å². The number of carbonyl (C=O) groups excluding carboxylic acids is 1. The van der Waals surface area contributed by atoms with Crippen LogP contribution in [-0.4, -0.2) is 24.1 Å². The highest BCUT2D eigenvalue weighted by molar-refractivity contribution is 9.10. The molecule has 4 nitrogen and oxygen atoms in total. The molecule has 0 aliphatic rings. The number of halogens is 1. The molecule has 0 bridgehead atoms. The second-order valence-electron chi connectivity index (χ2n) is 4.92. The lowest BCUT2D eigenvalue weighted by atomic mass is 10.0. The molecule has 0 aliphatic carbocycles. The Balaban J connectivity index is 2.70. The molecule has 19 heavy (non-hydrogen) atoms. The van der Waals surface area contributed by atoms with Crippen molar-refractivity contribution in [1.29, 1.82) is 0 Å². The molecular formula is C14H21BrN2O2. The third-order valence-electron chi connectivity index (χ3n) is 2.88. The number of phenols is 1. The van der Waals surface area contributed by atoms with Crippen molar-refractivity contribution in [3.8, 4) is 5.75 Å². The molecule has 1 atom stereocenters. The van der Waals surface area contributed by atoms with Gasteiger partial charge in [0.05, 0.1) is 10.5 Å². The van der Waals surface area contributed by atoms with E-state index in [9.17, 15) is 9.90 Å². The summed E-state index contributed by atoms with van der Waals surface area (Å²) in [5, 5.41) is 15.8. The van der Waals surface area contributed by atoms with Crippen LogP contribution in [0.1, 0.15) is 25.8 Å². The number of benzene rings is 1. The second kappa shape index (κ2) is 7.50. The number of phenolic OH excluding ortho intramolecular Hbond substituents is 1. The van der Waals surface area contributed by atoms with Crippen LogP contribution in [0.3, 0.4) is 0 Å². The largest absolute Gasteiger partial charge is 0.506 e. The van der Waals surface area contributed by atoms with E-state index in [0.717, 1.165) is 12.0 Å². The molecule has 1 aromatic rings. The number of aromatic hydroxyl groups is 1. The topological polar surface area (TPSA) is 61.4 Å². The molecule has 106 valence electrons. The Morgan fingerprint density at radius 1 is 1.42 bits per heavy atom. The number of rotatable bonds is 6. The molecule has 1 unspecified atom stereocenters. The molecule has 1 rings (SSSR count). The third-order valence-corrected chi connectivity index (χ3v) is 3.52. The van der Waals surface area contributed by atoms with Crippen LogP contribution in [-0.2, 0) is 11.3 Å². The van der Waals surface area contributed by atoms with Crippen LogP contribution in [0.25, 0.3) is 0 Å². The van der Waals surface area contributed by atoms with Gasteiger partial charge in [-0.15, -0.1) is 0 Å². The fraction of sp³-hybridized carbons (Fsp3) is 0.500. The van der Waals surface area contributed by atoms with E-state index in [1.165, 1.54) is 0 Å². The van der Waals surface area contributed by atoms with Gasteiger partial charge in [0.15, 0.2) is 0 Å². The van der Waals surface area contributed by atoms with E-state index in [0.29, 0.717) is 16.9 Å². The van der Waals surface area contributed by atoms with Gasteiger partial charge in [0, 0.05) is 19.2 Å². The van der Waals surface area contributed by atoms with Crippen LogP contribution in [0, 0.1) is 5.92 Å². The predicted molar refractivity (Wildman–Crippen MR) is 80.0 cm³/mol. The van der Waals surface area contributed by atoms with Crippen LogP contribution < -0.4 is 10.6 Å². The summed E-state index contributed by atoms with van der Waals surface area (Å²) >= 11 is 3.28. The lowest BCUT2D eigenvalue weighted by Crippen LogP contribution is -2.43. The van der Waals surface area contributed by atoms with E-state index >= 15 is 0 Å². The molecule has 1 amide bonds. The molecule has 1 aromatic carbocycles. The van der Waals surface area contributed by atoms with Gasteiger partial charge in [-0.3, -0.25) is 4.79 Å². The van der Waals surface area contributed by atoms with E-state index in [1.807, 2.05) is 12.1 Å². The highest BCUT2D eigenvalue weighted by Gasteiger charge is 2.18. The minimum atomic E-state index is -0.247. The summed E-state index contributed by atoms with van der Waals surface area (Å²) in [6.45, 7) is 4.61. The normalized spacial score (nSPS) is 12.5. The molecule has 0 radical (unpaired) electrons. The molecule has 0 spiro atoms. The Hall–Kier alpha value is -1.07. The predicted octanol–water partition coefficient (Wildman–Crippen LogP) is 2.40. The maximum absolute atomic E-state index is 11.8. The molecule has 0 heterocycles. The van der Waals surface area contributed by atoms with Crippen molar-refractivity contribution in [2.75, 3.05) is 7.05 Å². The molecule has 0 fully saturated rings. The molecule has 0 aliphatic heterocycles. The van der Waals surface area contributed by atoms with Crippen molar-refractivity contribution < 1.29 is 9.90 Å². The van der Waals surface area contributed by atoms with Gasteiger partial charge in [-0.2, -0.15) is 0 Å². The number of likely N-dealkylation sites (N-methyl/N-ethyl adjacent to an activating group) is 1. The summed E-state index contributed by atoms with van der Waals surface area (Å²) < 4.78 is 0.659. The average molecular weight is 329 g/mol. The maximum atomic E-state index is 11.8. The zero-order valence-electron chi connectivity index (χ0n) is 11.5. The molecular weight excluding hydrogens is 308 g/mol. The fourth-order valence-corrected chi connectivity index (χ4v) is 2.27. The number of nitrogens with one attached hydrogen (secondary N) is 2. The van der Waals surface area contributed by atoms with Gasteiger partial charge in [-0.1, -0.05) is 26.0 Å². The Bertz CT molecular complexity index is 435. The number of amides is 1. The average Bonchev–Trinajstić information content (AvgIpc) is 2.37. The number of carbonyl (C=O) groups is 1. The second-order valence-corrected chi connectivity index (χ2v) is 5.78. The highest BCUT2D eigenvalue weighted by atomic mass is 79.9. The Morgan fingerprint density at radius 2 is 2.11 bits per heavy atom. The van der Waals surface area contributed by atoms with Crippen molar-refractivity contribution in [3.63, 3.8) is 0 Å². The van der Waals surface area contributed by atoms with Gasteiger partial charge in [0.2, 0.25) is 5.91 Å². The monoisotopic (exact) mass is 328 g/mol. The molecule has 0 aromatic heterocycles. The van der Waals surface area contributed by atoms with Crippen LogP contribution in [0.5, 0.6) is 5.75 Å². The van der Waals surface area contributed by atoms with Crippen LogP contribution in [0.2, 0.25) is 0 Å². The molecule has 0 saturated carbocycles. The van der Waals surface area contributed by atoms with E-state index < -0.39 is 0 Å². The van der Waals surface area contributed by atoms with Crippen molar-refractivity contribution in [3.05, 3.63) is 28.2 Å². The van der Waals surface area contributed by atoms with E-state index in [1.54, 1.807) is 13.1 Å². The van der Waals surface area contributed by atoms with Gasteiger partial charge >= 0.3 is 0 Å².